The molecule has 102 valence electrons. The van der Waals surface area contributed by atoms with Gasteiger partial charge in [-0.05, 0) is 36.5 Å². The van der Waals surface area contributed by atoms with E-state index < -0.39 is 0 Å². The maximum Gasteiger partial charge on any atom is 0.0500 e. The van der Waals surface area contributed by atoms with Crippen molar-refractivity contribution < 1.29 is 9.84 Å². The van der Waals surface area contributed by atoms with Crippen molar-refractivity contribution in [3.8, 4) is 0 Å². The molecule has 2 nitrogen and oxygen atoms in total. The van der Waals surface area contributed by atoms with Crippen molar-refractivity contribution in [3.63, 3.8) is 0 Å². The predicted molar refractivity (Wildman–Crippen MR) is 76.2 cm³/mol. The third kappa shape index (κ3) is 5.85. The molecule has 1 N–H and O–H groups in total. The van der Waals surface area contributed by atoms with E-state index in [1.54, 1.807) is 0 Å². The summed E-state index contributed by atoms with van der Waals surface area (Å²) < 4.78 is 5.58. The van der Waals surface area contributed by atoms with Crippen LogP contribution >= 0.6 is 11.6 Å². The Balaban J connectivity index is 2.31. The van der Waals surface area contributed by atoms with E-state index in [9.17, 15) is 5.11 Å². The van der Waals surface area contributed by atoms with Gasteiger partial charge < -0.3 is 9.84 Å². The fourth-order valence-corrected chi connectivity index (χ4v) is 1.87. The molecule has 18 heavy (non-hydrogen) atoms. The lowest BCUT2D eigenvalue weighted by atomic mass is 9.97. The van der Waals surface area contributed by atoms with E-state index in [1.807, 2.05) is 24.3 Å². The van der Waals surface area contributed by atoms with E-state index in [2.05, 4.69) is 13.8 Å². The van der Waals surface area contributed by atoms with Gasteiger partial charge in [0.1, 0.15) is 0 Å². The smallest absolute Gasteiger partial charge is 0.0500 e. The van der Waals surface area contributed by atoms with Crippen LogP contribution < -0.4 is 0 Å². The summed E-state index contributed by atoms with van der Waals surface area (Å²) in [6.45, 7) is 6.02. The van der Waals surface area contributed by atoms with Crippen molar-refractivity contribution in [2.45, 2.75) is 32.6 Å². The number of ether oxygens (including phenoxy) is 1. The van der Waals surface area contributed by atoms with Crippen LogP contribution in [0.15, 0.2) is 24.3 Å². The summed E-state index contributed by atoms with van der Waals surface area (Å²) in [7, 11) is 0. The average Bonchev–Trinajstić information content (AvgIpc) is 2.35. The third-order valence-electron chi connectivity index (χ3n) is 3.01. The zero-order chi connectivity index (χ0) is 13.4. The first kappa shape index (κ1) is 15.5. The highest BCUT2D eigenvalue weighted by atomic mass is 35.5. The highest BCUT2D eigenvalue weighted by molar-refractivity contribution is 6.30. The second kappa shape index (κ2) is 8.52. The Hall–Kier alpha value is -0.570. The lowest BCUT2D eigenvalue weighted by molar-refractivity contribution is 0.110. The first-order valence-corrected chi connectivity index (χ1v) is 6.95. The summed E-state index contributed by atoms with van der Waals surface area (Å²) in [4.78, 5) is 0. The molecule has 0 radical (unpaired) electrons. The Labute approximate surface area is 115 Å². The zero-order valence-corrected chi connectivity index (χ0v) is 12.0. The summed E-state index contributed by atoms with van der Waals surface area (Å²) in [5.41, 5.74) is 1.12. The highest BCUT2D eigenvalue weighted by Crippen LogP contribution is 2.21. The van der Waals surface area contributed by atoms with Gasteiger partial charge >= 0.3 is 0 Å². The lowest BCUT2D eigenvalue weighted by Gasteiger charge is -2.15. The van der Waals surface area contributed by atoms with Gasteiger partial charge in [-0.2, -0.15) is 0 Å². The first-order chi connectivity index (χ1) is 8.63. The van der Waals surface area contributed by atoms with Gasteiger partial charge in [0.15, 0.2) is 0 Å². The van der Waals surface area contributed by atoms with Gasteiger partial charge in [-0.25, -0.2) is 0 Å². The van der Waals surface area contributed by atoms with Gasteiger partial charge in [-0.15, -0.1) is 0 Å². The molecule has 1 rings (SSSR count). The maximum atomic E-state index is 9.40. The largest absolute Gasteiger partial charge is 0.396 e. The molecule has 0 aliphatic heterocycles. The quantitative estimate of drug-likeness (QED) is 0.727. The summed E-state index contributed by atoms with van der Waals surface area (Å²) >= 11 is 5.85. The van der Waals surface area contributed by atoms with Crippen LogP contribution in [0.3, 0.4) is 0 Å². The Kier molecular flexibility index (Phi) is 7.33. The van der Waals surface area contributed by atoms with Crippen LogP contribution in [-0.2, 0) is 4.74 Å². The van der Waals surface area contributed by atoms with Crippen LogP contribution in [0.1, 0.15) is 38.2 Å². The summed E-state index contributed by atoms with van der Waals surface area (Å²) in [5, 5.41) is 10.1. The fourth-order valence-electron chi connectivity index (χ4n) is 1.74. The van der Waals surface area contributed by atoms with E-state index in [-0.39, 0.29) is 12.5 Å². The van der Waals surface area contributed by atoms with Crippen molar-refractivity contribution in [2.75, 3.05) is 19.8 Å². The molecule has 0 saturated carbocycles. The minimum atomic E-state index is 0.140. The number of benzene rings is 1. The number of halogens is 1. The molecule has 1 unspecified atom stereocenters. The SMILES string of the molecule is CC(C)CCOCCC(CO)c1ccc(Cl)cc1. The van der Waals surface area contributed by atoms with Gasteiger partial charge in [0, 0.05) is 24.2 Å². The maximum absolute atomic E-state index is 9.40. The molecule has 0 aliphatic carbocycles. The summed E-state index contributed by atoms with van der Waals surface area (Å²) in [6.07, 6.45) is 1.93. The van der Waals surface area contributed by atoms with E-state index >= 15 is 0 Å². The molecule has 1 aromatic carbocycles. The van der Waals surface area contributed by atoms with Crippen molar-refractivity contribution >= 4 is 11.6 Å². The molecule has 0 bridgehead atoms. The number of hydrogen-bond donors (Lipinski definition) is 1. The third-order valence-corrected chi connectivity index (χ3v) is 3.26. The van der Waals surface area contributed by atoms with Gasteiger partial charge in [-0.3, -0.25) is 0 Å². The van der Waals surface area contributed by atoms with Gasteiger partial charge in [0.2, 0.25) is 0 Å². The van der Waals surface area contributed by atoms with Crippen LogP contribution in [0, 0.1) is 5.92 Å². The number of hydrogen-bond acceptors (Lipinski definition) is 2. The predicted octanol–water partition coefficient (Wildman–Crippen LogP) is 3.87. The molecule has 0 saturated heterocycles. The molecule has 1 atom stereocenters. The monoisotopic (exact) mass is 270 g/mol. The van der Waals surface area contributed by atoms with Crippen LogP contribution in [-0.4, -0.2) is 24.9 Å². The minimum absolute atomic E-state index is 0.140. The molecule has 0 aromatic heterocycles. The molecular weight excluding hydrogens is 248 g/mol. The van der Waals surface area contributed by atoms with Gasteiger partial charge in [0.05, 0.1) is 6.61 Å². The number of aliphatic hydroxyl groups is 1. The second-order valence-electron chi connectivity index (χ2n) is 5.01. The number of rotatable bonds is 8. The van der Waals surface area contributed by atoms with Gasteiger partial charge in [0.25, 0.3) is 0 Å². The highest BCUT2D eigenvalue weighted by Gasteiger charge is 2.10. The van der Waals surface area contributed by atoms with E-state index in [0.717, 1.165) is 30.0 Å². The topological polar surface area (TPSA) is 29.5 Å². The molecule has 0 fully saturated rings. The van der Waals surface area contributed by atoms with Crippen molar-refractivity contribution in [1.29, 1.82) is 0 Å². The second-order valence-corrected chi connectivity index (χ2v) is 5.45. The fraction of sp³-hybridized carbons (Fsp3) is 0.600. The van der Waals surface area contributed by atoms with E-state index in [0.29, 0.717) is 12.5 Å². The lowest BCUT2D eigenvalue weighted by Crippen LogP contribution is -2.09. The van der Waals surface area contributed by atoms with Crippen molar-refractivity contribution in [2.24, 2.45) is 5.92 Å². The molecule has 1 aromatic rings. The molecule has 0 aliphatic rings. The Morgan fingerprint density at radius 1 is 1.11 bits per heavy atom. The summed E-state index contributed by atoms with van der Waals surface area (Å²) in [6, 6.07) is 7.66. The molecule has 0 spiro atoms. The molecule has 3 heteroatoms. The van der Waals surface area contributed by atoms with E-state index in [1.165, 1.54) is 0 Å². The van der Waals surface area contributed by atoms with Crippen molar-refractivity contribution in [1.82, 2.24) is 0 Å². The van der Waals surface area contributed by atoms with Crippen LogP contribution in [0.25, 0.3) is 0 Å². The standard InChI is InChI=1S/C15H23ClO2/c1-12(2)7-9-18-10-8-14(11-17)13-3-5-15(16)6-4-13/h3-6,12,14,17H,7-11H2,1-2H3. The minimum Gasteiger partial charge on any atom is -0.396 e. The van der Waals surface area contributed by atoms with Crippen molar-refractivity contribution in [3.05, 3.63) is 34.9 Å². The normalized spacial score (nSPS) is 12.9. The Bertz CT molecular complexity index is 322. The average molecular weight is 271 g/mol. The van der Waals surface area contributed by atoms with Crippen LogP contribution in [0.2, 0.25) is 5.02 Å². The van der Waals surface area contributed by atoms with Gasteiger partial charge in [-0.1, -0.05) is 37.6 Å². The first-order valence-electron chi connectivity index (χ1n) is 6.57. The summed E-state index contributed by atoms with van der Waals surface area (Å²) in [5.74, 6) is 0.816. The van der Waals surface area contributed by atoms with Crippen LogP contribution in [0.5, 0.6) is 0 Å². The number of aliphatic hydroxyl groups excluding tert-OH is 1. The molecule has 0 amide bonds. The Morgan fingerprint density at radius 3 is 2.28 bits per heavy atom. The Morgan fingerprint density at radius 2 is 1.72 bits per heavy atom. The van der Waals surface area contributed by atoms with Crippen LogP contribution in [0.4, 0.5) is 0 Å². The van der Waals surface area contributed by atoms with E-state index in [4.69, 9.17) is 16.3 Å². The molecular formula is C15H23ClO2. The zero-order valence-electron chi connectivity index (χ0n) is 11.2. The molecule has 0 heterocycles.